The van der Waals surface area contributed by atoms with E-state index in [1.807, 2.05) is 23.0 Å². The number of nitrogens with one attached hydrogen (secondary N) is 1. The summed E-state index contributed by atoms with van der Waals surface area (Å²) in [5.41, 5.74) is 3.75. The van der Waals surface area contributed by atoms with Crippen LogP contribution in [0.5, 0.6) is 0 Å². The molecule has 9 heteroatoms. The molecule has 1 N–H and O–H groups in total. The quantitative estimate of drug-likeness (QED) is 0.425. The van der Waals surface area contributed by atoms with Gasteiger partial charge in [0.05, 0.1) is 0 Å². The Kier molecular flexibility index (Phi) is 5.93. The van der Waals surface area contributed by atoms with Crippen LogP contribution >= 0.6 is 11.8 Å². The fourth-order valence-corrected chi connectivity index (χ4v) is 4.53. The van der Waals surface area contributed by atoms with Crippen LogP contribution in [0.15, 0.2) is 71.2 Å². The molecule has 1 aromatic carbocycles. The van der Waals surface area contributed by atoms with Gasteiger partial charge >= 0.3 is 0 Å². The van der Waals surface area contributed by atoms with Gasteiger partial charge in [-0.25, -0.2) is 19.0 Å². The van der Waals surface area contributed by atoms with Crippen molar-refractivity contribution >= 4 is 11.8 Å². The van der Waals surface area contributed by atoms with Crippen LogP contribution in [0.4, 0.5) is 4.39 Å². The SMILES string of the molecule is COCCCNC1c2cc(-c3ccc(F)cc3)cnc2Sc2nc(-c3ccncc3)nn21. The average Bonchev–Trinajstić information content (AvgIpc) is 3.26. The maximum absolute atomic E-state index is 13.4. The number of benzene rings is 1. The molecule has 32 heavy (non-hydrogen) atoms. The Balaban J connectivity index is 1.53. The Bertz CT molecular complexity index is 1220. The Morgan fingerprint density at radius 1 is 1.09 bits per heavy atom. The highest BCUT2D eigenvalue weighted by Crippen LogP contribution is 2.40. The molecule has 4 heterocycles. The predicted molar refractivity (Wildman–Crippen MR) is 120 cm³/mol. The lowest BCUT2D eigenvalue weighted by atomic mass is 10.0. The van der Waals surface area contributed by atoms with Gasteiger partial charge in [0.15, 0.2) is 11.0 Å². The highest BCUT2D eigenvalue weighted by molar-refractivity contribution is 7.99. The lowest BCUT2D eigenvalue weighted by Gasteiger charge is -2.26. The molecule has 0 saturated carbocycles. The lowest BCUT2D eigenvalue weighted by molar-refractivity contribution is 0.191. The van der Waals surface area contributed by atoms with E-state index in [4.69, 9.17) is 19.8 Å². The maximum Gasteiger partial charge on any atom is 0.194 e. The summed E-state index contributed by atoms with van der Waals surface area (Å²) in [4.78, 5) is 13.5. The van der Waals surface area contributed by atoms with E-state index in [1.54, 1.807) is 31.6 Å². The van der Waals surface area contributed by atoms with E-state index in [1.165, 1.54) is 23.9 Å². The van der Waals surface area contributed by atoms with Gasteiger partial charge in [0.2, 0.25) is 0 Å². The van der Waals surface area contributed by atoms with E-state index in [0.29, 0.717) is 12.4 Å². The first-order chi connectivity index (χ1) is 15.7. The number of pyridine rings is 2. The molecule has 7 nitrogen and oxygen atoms in total. The van der Waals surface area contributed by atoms with Gasteiger partial charge in [-0.3, -0.25) is 10.3 Å². The highest BCUT2D eigenvalue weighted by atomic mass is 32.2. The second-order valence-electron chi connectivity index (χ2n) is 7.33. The third kappa shape index (κ3) is 4.14. The highest BCUT2D eigenvalue weighted by Gasteiger charge is 2.30. The van der Waals surface area contributed by atoms with Crippen molar-refractivity contribution < 1.29 is 9.13 Å². The van der Waals surface area contributed by atoms with Crippen LogP contribution in [0, 0.1) is 5.82 Å². The standard InChI is InChI=1S/C23H21FN6OS/c1-31-12-2-9-26-21-19-13-17(15-3-5-18(24)6-4-15)14-27-22(19)32-23-28-20(29-30(21)23)16-7-10-25-11-8-16/h3-8,10-11,13-14,21,26H,2,9,12H2,1H3. The summed E-state index contributed by atoms with van der Waals surface area (Å²) in [6.07, 6.45) is 5.91. The van der Waals surface area contributed by atoms with Crippen LogP contribution in [-0.4, -0.2) is 45.0 Å². The minimum absolute atomic E-state index is 0.228. The lowest BCUT2D eigenvalue weighted by Crippen LogP contribution is -2.32. The molecule has 0 bridgehead atoms. The monoisotopic (exact) mass is 448 g/mol. The average molecular weight is 449 g/mol. The number of aromatic nitrogens is 5. The van der Waals surface area contributed by atoms with E-state index >= 15 is 0 Å². The van der Waals surface area contributed by atoms with Gasteiger partial charge < -0.3 is 4.74 Å². The first-order valence-electron chi connectivity index (χ1n) is 10.3. The normalized spacial score (nSPS) is 14.8. The minimum Gasteiger partial charge on any atom is -0.385 e. The smallest absolute Gasteiger partial charge is 0.194 e. The molecular formula is C23H21FN6OS. The second kappa shape index (κ2) is 9.15. The molecule has 0 radical (unpaired) electrons. The molecule has 1 unspecified atom stereocenters. The van der Waals surface area contributed by atoms with Crippen molar-refractivity contribution in [2.45, 2.75) is 22.8 Å². The first kappa shape index (κ1) is 20.7. The first-order valence-corrected chi connectivity index (χ1v) is 11.1. The van der Waals surface area contributed by atoms with Crippen LogP contribution in [0.25, 0.3) is 22.5 Å². The zero-order valence-corrected chi connectivity index (χ0v) is 18.2. The Hall–Kier alpha value is -3.14. The number of nitrogens with zero attached hydrogens (tertiary/aromatic N) is 5. The zero-order chi connectivity index (χ0) is 21.9. The van der Waals surface area contributed by atoms with Crippen molar-refractivity contribution in [2.24, 2.45) is 0 Å². The molecule has 5 rings (SSSR count). The zero-order valence-electron chi connectivity index (χ0n) is 17.4. The van der Waals surface area contributed by atoms with E-state index in [-0.39, 0.29) is 12.0 Å². The molecule has 0 spiro atoms. The largest absolute Gasteiger partial charge is 0.385 e. The molecule has 1 aliphatic heterocycles. The summed E-state index contributed by atoms with van der Waals surface area (Å²) in [6.45, 7) is 1.41. The number of fused-ring (bicyclic) bond motifs is 2. The van der Waals surface area contributed by atoms with Crippen LogP contribution in [-0.2, 0) is 4.74 Å². The van der Waals surface area contributed by atoms with E-state index < -0.39 is 0 Å². The molecule has 0 aliphatic carbocycles. The molecule has 1 atom stereocenters. The minimum atomic E-state index is -0.260. The van der Waals surface area contributed by atoms with Crippen molar-refractivity contribution in [3.8, 4) is 22.5 Å². The molecule has 0 amide bonds. The molecule has 0 saturated heterocycles. The molecular weight excluding hydrogens is 427 g/mol. The van der Waals surface area contributed by atoms with E-state index in [0.717, 1.165) is 45.4 Å². The van der Waals surface area contributed by atoms with Gasteiger partial charge in [-0.2, -0.15) is 0 Å². The Labute approximate surface area is 189 Å². The number of methoxy groups -OCH3 is 1. The van der Waals surface area contributed by atoms with Crippen LogP contribution in [0.3, 0.4) is 0 Å². The number of ether oxygens (including phenoxy) is 1. The maximum atomic E-state index is 13.4. The van der Waals surface area contributed by atoms with Gasteiger partial charge in [-0.15, -0.1) is 5.10 Å². The van der Waals surface area contributed by atoms with Crippen molar-refractivity contribution in [2.75, 3.05) is 20.3 Å². The fraction of sp³-hybridized carbons (Fsp3) is 0.217. The Morgan fingerprint density at radius 2 is 1.91 bits per heavy atom. The predicted octanol–water partition coefficient (Wildman–Crippen LogP) is 4.18. The van der Waals surface area contributed by atoms with E-state index in [2.05, 4.69) is 16.4 Å². The van der Waals surface area contributed by atoms with Gasteiger partial charge in [-0.05, 0) is 60.6 Å². The number of hydrogen-bond donors (Lipinski definition) is 1. The second-order valence-corrected chi connectivity index (χ2v) is 8.28. The number of hydrogen-bond acceptors (Lipinski definition) is 7. The van der Waals surface area contributed by atoms with Gasteiger partial charge in [0.25, 0.3) is 0 Å². The summed E-state index contributed by atoms with van der Waals surface area (Å²) < 4.78 is 20.5. The van der Waals surface area contributed by atoms with Gasteiger partial charge in [0.1, 0.15) is 17.0 Å². The van der Waals surface area contributed by atoms with E-state index in [9.17, 15) is 4.39 Å². The summed E-state index contributed by atoms with van der Waals surface area (Å²) in [5.74, 6) is 0.383. The van der Waals surface area contributed by atoms with Crippen LogP contribution in [0.1, 0.15) is 18.2 Å². The molecule has 4 aromatic rings. The fourth-order valence-electron chi connectivity index (χ4n) is 3.59. The van der Waals surface area contributed by atoms with Crippen LogP contribution < -0.4 is 5.32 Å². The number of rotatable bonds is 7. The molecule has 1 aliphatic rings. The molecule has 0 fully saturated rings. The van der Waals surface area contributed by atoms with Crippen molar-refractivity contribution in [3.63, 3.8) is 0 Å². The number of halogens is 1. The van der Waals surface area contributed by atoms with Gasteiger partial charge in [0, 0.05) is 49.0 Å². The molecule has 162 valence electrons. The van der Waals surface area contributed by atoms with Crippen molar-refractivity contribution in [1.29, 1.82) is 0 Å². The Morgan fingerprint density at radius 3 is 2.69 bits per heavy atom. The molecule has 3 aromatic heterocycles. The van der Waals surface area contributed by atoms with Crippen LogP contribution in [0.2, 0.25) is 0 Å². The third-order valence-electron chi connectivity index (χ3n) is 5.18. The van der Waals surface area contributed by atoms with Crippen molar-refractivity contribution in [3.05, 3.63) is 72.4 Å². The summed E-state index contributed by atoms with van der Waals surface area (Å²) >= 11 is 1.49. The topological polar surface area (TPSA) is 77.8 Å². The third-order valence-corrected chi connectivity index (χ3v) is 6.18. The summed E-state index contributed by atoms with van der Waals surface area (Å²) in [7, 11) is 1.70. The summed E-state index contributed by atoms with van der Waals surface area (Å²) in [5, 5.41) is 10.0. The summed E-state index contributed by atoms with van der Waals surface area (Å²) in [6, 6.07) is 12.3. The van der Waals surface area contributed by atoms with Gasteiger partial charge in [-0.1, -0.05) is 12.1 Å². The van der Waals surface area contributed by atoms with Crippen molar-refractivity contribution in [1.82, 2.24) is 30.0 Å².